The molecule has 4 rings (SSSR count). The monoisotopic (exact) mass is 375 g/mol. The van der Waals surface area contributed by atoms with Gasteiger partial charge in [-0.15, -0.1) is 0 Å². The number of amides is 2. The lowest BCUT2D eigenvalue weighted by Gasteiger charge is -2.23. The van der Waals surface area contributed by atoms with E-state index < -0.39 is 0 Å². The minimum Gasteiger partial charge on any atom is -0.370 e. The third-order valence-electron chi connectivity index (χ3n) is 5.66. The Morgan fingerprint density at radius 2 is 1.58 bits per heavy atom. The topological polar surface area (TPSA) is 43.9 Å². The molecule has 2 amide bonds. The first-order chi connectivity index (χ1) is 12.6. The zero-order valence-electron chi connectivity index (χ0n) is 15.1. The fourth-order valence-electron chi connectivity index (χ4n) is 3.97. The highest BCUT2D eigenvalue weighted by Gasteiger charge is 2.34. The molecule has 140 valence electrons. The van der Waals surface area contributed by atoms with Gasteiger partial charge in [-0.3, -0.25) is 9.59 Å². The van der Waals surface area contributed by atoms with E-state index in [1.165, 1.54) is 12.8 Å². The summed E-state index contributed by atoms with van der Waals surface area (Å²) in [5, 5.41) is 0.651. The van der Waals surface area contributed by atoms with Gasteiger partial charge in [0.1, 0.15) is 0 Å². The standard InChI is InChI=1S/C20H26ClN3O2/c21-17-14-16(6-7-18(17)22-8-1-2-9-22)20(26)24-11-3-10-23(12-13-24)19(25)15-4-5-15/h6-7,14-15H,1-5,8-13H2. The number of nitrogens with zero attached hydrogens (tertiary/aromatic N) is 3. The van der Waals surface area contributed by atoms with E-state index in [2.05, 4.69) is 4.90 Å². The Balaban J connectivity index is 1.42. The van der Waals surface area contributed by atoms with Crippen molar-refractivity contribution in [2.24, 2.45) is 5.92 Å². The molecular formula is C20H26ClN3O2. The van der Waals surface area contributed by atoms with Crippen molar-refractivity contribution < 1.29 is 9.59 Å². The van der Waals surface area contributed by atoms with E-state index in [9.17, 15) is 9.59 Å². The smallest absolute Gasteiger partial charge is 0.253 e. The first kappa shape index (κ1) is 17.7. The first-order valence-corrected chi connectivity index (χ1v) is 10.1. The summed E-state index contributed by atoms with van der Waals surface area (Å²) in [6.07, 6.45) is 5.28. The van der Waals surface area contributed by atoms with Crippen molar-refractivity contribution in [3.05, 3.63) is 28.8 Å². The SMILES string of the molecule is O=C(c1ccc(N2CCCC2)c(Cl)c1)N1CCCN(C(=O)C2CC2)CC1. The number of halogens is 1. The summed E-state index contributed by atoms with van der Waals surface area (Å²) in [5.74, 6) is 0.534. The van der Waals surface area contributed by atoms with Crippen molar-refractivity contribution in [2.45, 2.75) is 32.1 Å². The van der Waals surface area contributed by atoms with Crippen LogP contribution in [-0.4, -0.2) is 60.9 Å². The molecule has 1 saturated carbocycles. The second kappa shape index (κ2) is 7.47. The number of carbonyl (C=O) groups is 2. The minimum absolute atomic E-state index is 0.0144. The molecule has 26 heavy (non-hydrogen) atoms. The van der Waals surface area contributed by atoms with Crippen LogP contribution in [0.1, 0.15) is 42.5 Å². The minimum atomic E-state index is 0.0144. The van der Waals surface area contributed by atoms with Gasteiger partial charge in [-0.05, 0) is 50.3 Å². The van der Waals surface area contributed by atoms with Crippen molar-refractivity contribution in [3.8, 4) is 0 Å². The number of rotatable bonds is 3. The van der Waals surface area contributed by atoms with Crippen molar-refractivity contribution in [1.29, 1.82) is 0 Å². The molecule has 0 aromatic heterocycles. The summed E-state index contributed by atoms with van der Waals surface area (Å²) >= 11 is 6.47. The normalized spacial score (nSPS) is 21.0. The molecule has 5 nitrogen and oxygen atoms in total. The van der Waals surface area contributed by atoms with Gasteiger partial charge in [0.2, 0.25) is 5.91 Å². The Morgan fingerprint density at radius 1 is 0.885 bits per heavy atom. The Morgan fingerprint density at radius 3 is 2.27 bits per heavy atom. The summed E-state index contributed by atoms with van der Waals surface area (Å²) < 4.78 is 0. The van der Waals surface area contributed by atoms with E-state index >= 15 is 0 Å². The van der Waals surface area contributed by atoms with Crippen LogP contribution in [0.15, 0.2) is 18.2 Å². The van der Waals surface area contributed by atoms with Gasteiger partial charge < -0.3 is 14.7 Å². The van der Waals surface area contributed by atoms with Gasteiger partial charge in [-0.25, -0.2) is 0 Å². The largest absolute Gasteiger partial charge is 0.370 e. The van der Waals surface area contributed by atoms with Gasteiger partial charge in [0.05, 0.1) is 10.7 Å². The molecule has 2 heterocycles. The maximum absolute atomic E-state index is 12.9. The fourth-order valence-corrected chi connectivity index (χ4v) is 4.27. The lowest BCUT2D eigenvalue weighted by molar-refractivity contribution is -0.132. The molecule has 0 N–H and O–H groups in total. The molecule has 2 aliphatic heterocycles. The number of anilines is 1. The van der Waals surface area contributed by atoms with Crippen molar-refractivity contribution in [1.82, 2.24) is 9.80 Å². The molecule has 3 fully saturated rings. The quantitative estimate of drug-likeness (QED) is 0.815. The lowest BCUT2D eigenvalue weighted by atomic mass is 10.1. The van der Waals surface area contributed by atoms with Crippen LogP contribution < -0.4 is 4.90 Å². The molecule has 1 aliphatic carbocycles. The van der Waals surface area contributed by atoms with Crippen LogP contribution in [0.3, 0.4) is 0 Å². The molecule has 0 atom stereocenters. The van der Waals surface area contributed by atoms with E-state index in [1.807, 2.05) is 21.9 Å². The van der Waals surface area contributed by atoms with E-state index in [4.69, 9.17) is 11.6 Å². The third kappa shape index (κ3) is 3.68. The van der Waals surface area contributed by atoms with Gasteiger partial charge in [0, 0.05) is 50.7 Å². The van der Waals surface area contributed by atoms with Crippen LogP contribution in [0.4, 0.5) is 5.69 Å². The summed E-state index contributed by atoms with van der Waals surface area (Å²) in [6, 6.07) is 5.66. The fraction of sp³-hybridized carbons (Fsp3) is 0.600. The zero-order chi connectivity index (χ0) is 18.1. The lowest BCUT2D eigenvalue weighted by Crippen LogP contribution is -2.38. The number of hydrogen-bond acceptors (Lipinski definition) is 3. The Hall–Kier alpha value is -1.75. The van der Waals surface area contributed by atoms with E-state index in [-0.39, 0.29) is 17.7 Å². The van der Waals surface area contributed by atoms with Crippen LogP contribution in [0.2, 0.25) is 5.02 Å². The summed E-state index contributed by atoms with van der Waals surface area (Å²) in [4.78, 5) is 31.3. The second-order valence-electron chi connectivity index (χ2n) is 7.61. The maximum atomic E-state index is 12.9. The number of hydrogen-bond donors (Lipinski definition) is 0. The van der Waals surface area contributed by atoms with Crippen LogP contribution in [0, 0.1) is 5.92 Å². The number of benzene rings is 1. The van der Waals surface area contributed by atoms with E-state index in [1.54, 1.807) is 6.07 Å². The molecule has 0 spiro atoms. The van der Waals surface area contributed by atoms with Crippen LogP contribution >= 0.6 is 11.6 Å². The van der Waals surface area contributed by atoms with Gasteiger partial charge >= 0.3 is 0 Å². The maximum Gasteiger partial charge on any atom is 0.253 e. The molecular weight excluding hydrogens is 350 g/mol. The number of carbonyl (C=O) groups excluding carboxylic acids is 2. The van der Waals surface area contributed by atoms with Gasteiger partial charge in [0.25, 0.3) is 5.91 Å². The van der Waals surface area contributed by atoms with Crippen molar-refractivity contribution in [3.63, 3.8) is 0 Å². The summed E-state index contributed by atoms with van der Waals surface area (Å²) in [6.45, 7) is 4.75. The average molecular weight is 376 g/mol. The van der Waals surface area contributed by atoms with Crippen LogP contribution in [-0.2, 0) is 4.79 Å². The van der Waals surface area contributed by atoms with Crippen molar-refractivity contribution >= 4 is 29.1 Å². The molecule has 6 heteroatoms. The highest BCUT2D eigenvalue weighted by Crippen LogP contribution is 2.32. The highest BCUT2D eigenvalue weighted by molar-refractivity contribution is 6.33. The highest BCUT2D eigenvalue weighted by atomic mass is 35.5. The van der Waals surface area contributed by atoms with E-state index in [0.29, 0.717) is 30.2 Å². The zero-order valence-corrected chi connectivity index (χ0v) is 15.9. The first-order valence-electron chi connectivity index (χ1n) is 9.76. The predicted molar refractivity (Wildman–Crippen MR) is 103 cm³/mol. The third-order valence-corrected chi connectivity index (χ3v) is 5.97. The molecule has 2 saturated heterocycles. The molecule has 1 aromatic carbocycles. The van der Waals surface area contributed by atoms with Crippen LogP contribution in [0.25, 0.3) is 0 Å². The second-order valence-corrected chi connectivity index (χ2v) is 8.01. The Labute approximate surface area is 159 Å². The Kier molecular flexibility index (Phi) is 5.07. The molecule has 3 aliphatic rings. The predicted octanol–water partition coefficient (Wildman–Crippen LogP) is 3.02. The van der Waals surface area contributed by atoms with E-state index in [0.717, 1.165) is 44.6 Å². The van der Waals surface area contributed by atoms with Crippen LogP contribution in [0.5, 0.6) is 0 Å². The molecule has 1 aromatic rings. The average Bonchev–Trinajstić information content (AvgIpc) is 3.41. The molecule has 0 unspecified atom stereocenters. The van der Waals surface area contributed by atoms with Gasteiger partial charge in [0.15, 0.2) is 0 Å². The molecule has 0 bridgehead atoms. The van der Waals surface area contributed by atoms with Crippen molar-refractivity contribution in [2.75, 3.05) is 44.2 Å². The van der Waals surface area contributed by atoms with Gasteiger partial charge in [-0.2, -0.15) is 0 Å². The van der Waals surface area contributed by atoms with Gasteiger partial charge in [-0.1, -0.05) is 11.6 Å². The molecule has 0 radical (unpaired) electrons. The Bertz CT molecular complexity index is 698. The summed E-state index contributed by atoms with van der Waals surface area (Å²) in [5.41, 5.74) is 1.66. The summed E-state index contributed by atoms with van der Waals surface area (Å²) in [7, 11) is 0.